The molecule has 0 aliphatic heterocycles. The van der Waals surface area contributed by atoms with Crippen molar-refractivity contribution in [3.05, 3.63) is 47.0 Å². The zero-order valence-corrected chi connectivity index (χ0v) is 10.4. The van der Waals surface area contributed by atoms with Crippen molar-refractivity contribution < 1.29 is 0 Å². The lowest BCUT2D eigenvalue weighted by atomic mass is 10.1. The molecule has 0 saturated heterocycles. The number of nitrogens with zero attached hydrogens (tertiary/aromatic N) is 2. The van der Waals surface area contributed by atoms with Crippen LogP contribution in [0.2, 0.25) is 0 Å². The molecule has 0 amide bonds. The first-order chi connectivity index (χ1) is 8.84. The number of nitrogen functional groups attached to an aromatic ring is 1. The van der Waals surface area contributed by atoms with E-state index in [2.05, 4.69) is 15.3 Å². The highest BCUT2D eigenvalue weighted by Gasteiger charge is 2.04. The molecule has 3 rings (SSSR count). The van der Waals surface area contributed by atoms with E-state index in [4.69, 9.17) is 5.73 Å². The fourth-order valence-corrected chi connectivity index (χ4v) is 2.38. The molecular formula is C13H12N4S. The Morgan fingerprint density at radius 2 is 2.22 bits per heavy atom. The van der Waals surface area contributed by atoms with E-state index in [1.165, 1.54) is 4.88 Å². The van der Waals surface area contributed by atoms with E-state index in [1.54, 1.807) is 17.5 Å². The van der Waals surface area contributed by atoms with Gasteiger partial charge in [-0.1, -0.05) is 0 Å². The van der Waals surface area contributed by atoms with Crippen LogP contribution in [0.15, 0.2) is 42.2 Å². The Balaban J connectivity index is 1.94. The fraction of sp³-hybridized carbons (Fsp3) is 0.0769. The predicted octanol–water partition coefficient (Wildman–Crippen LogP) is 2.89. The molecule has 3 N–H and O–H groups in total. The van der Waals surface area contributed by atoms with Crippen LogP contribution in [0.3, 0.4) is 0 Å². The van der Waals surface area contributed by atoms with Crippen LogP contribution in [0.5, 0.6) is 0 Å². The maximum Gasteiger partial charge on any atom is 0.0953 e. The average Bonchev–Trinajstić information content (AvgIpc) is 2.92. The summed E-state index contributed by atoms with van der Waals surface area (Å²) < 4.78 is 0. The van der Waals surface area contributed by atoms with Crippen LogP contribution in [0, 0.1) is 0 Å². The smallest absolute Gasteiger partial charge is 0.0953 e. The van der Waals surface area contributed by atoms with Crippen molar-refractivity contribution in [2.75, 3.05) is 11.1 Å². The summed E-state index contributed by atoms with van der Waals surface area (Å²) in [7, 11) is 0. The number of rotatable bonds is 3. The Labute approximate surface area is 109 Å². The normalized spacial score (nSPS) is 10.7. The Bertz CT molecular complexity index is 664. The molecule has 0 bridgehead atoms. The van der Waals surface area contributed by atoms with E-state index < -0.39 is 0 Å². The molecule has 2 aromatic heterocycles. The van der Waals surface area contributed by atoms with E-state index in [1.807, 2.05) is 36.0 Å². The lowest BCUT2D eigenvalue weighted by Crippen LogP contribution is -2.00. The van der Waals surface area contributed by atoms with Crippen molar-refractivity contribution in [1.82, 2.24) is 9.97 Å². The minimum Gasteiger partial charge on any atom is -0.398 e. The monoisotopic (exact) mass is 256 g/mol. The quantitative estimate of drug-likeness (QED) is 0.707. The van der Waals surface area contributed by atoms with Crippen molar-refractivity contribution >= 4 is 33.6 Å². The van der Waals surface area contributed by atoms with Crippen LogP contribution < -0.4 is 11.1 Å². The van der Waals surface area contributed by atoms with Crippen molar-refractivity contribution in [1.29, 1.82) is 0 Å². The number of thiazole rings is 1. The van der Waals surface area contributed by atoms with Crippen LogP contribution in [0.25, 0.3) is 10.9 Å². The number of nitrogens with two attached hydrogens (primary N) is 1. The second-order valence-corrected chi connectivity index (χ2v) is 4.89. The van der Waals surface area contributed by atoms with Gasteiger partial charge in [0.2, 0.25) is 0 Å². The van der Waals surface area contributed by atoms with Gasteiger partial charge in [-0.05, 0) is 24.3 Å². The largest absolute Gasteiger partial charge is 0.398 e. The summed E-state index contributed by atoms with van der Waals surface area (Å²) in [6, 6.07) is 7.74. The molecule has 3 aromatic rings. The van der Waals surface area contributed by atoms with Gasteiger partial charge in [0.1, 0.15) is 0 Å². The second-order valence-electron chi connectivity index (χ2n) is 3.92. The minimum atomic E-state index is 0.750. The van der Waals surface area contributed by atoms with Gasteiger partial charge in [-0.3, -0.25) is 9.97 Å². The molecule has 0 fully saturated rings. The molecule has 4 nitrogen and oxygen atoms in total. The number of benzene rings is 1. The van der Waals surface area contributed by atoms with Gasteiger partial charge in [0, 0.05) is 28.3 Å². The molecule has 0 aliphatic rings. The number of hydrogen-bond donors (Lipinski definition) is 2. The van der Waals surface area contributed by atoms with Crippen LogP contribution in [0.4, 0.5) is 11.4 Å². The van der Waals surface area contributed by atoms with Crippen molar-refractivity contribution in [3.63, 3.8) is 0 Å². The van der Waals surface area contributed by atoms with Gasteiger partial charge in [-0.25, -0.2) is 0 Å². The summed E-state index contributed by atoms with van der Waals surface area (Å²) in [5, 5.41) is 4.35. The minimum absolute atomic E-state index is 0.750. The van der Waals surface area contributed by atoms with Crippen molar-refractivity contribution in [3.8, 4) is 0 Å². The summed E-state index contributed by atoms with van der Waals surface area (Å²) in [5.41, 5.74) is 10.4. The fourth-order valence-electron chi connectivity index (χ4n) is 1.85. The number of pyridine rings is 1. The third-order valence-corrected chi connectivity index (χ3v) is 3.52. The first-order valence-corrected chi connectivity index (χ1v) is 6.47. The molecule has 0 unspecified atom stereocenters. The van der Waals surface area contributed by atoms with E-state index in [-0.39, 0.29) is 0 Å². The predicted molar refractivity (Wildman–Crippen MR) is 75.6 cm³/mol. The lowest BCUT2D eigenvalue weighted by Gasteiger charge is -2.09. The van der Waals surface area contributed by atoms with Crippen molar-refractivity contribution in [2.45, 2.75) is 6.54 Å². The number of anilines is 2. The van der Waals surface area contributed by atoms with Crippen LogP contribution in [-0.4, -0.2) is 9.97 Å². The number of hydrogen-bond acceptors (Lipinski definition) is 5. The van der Waals surface area contributed by atoms with Gasteiger partial charge in [-0.2, -0.15) is 0 Å². The second kappa shape index (κ2) is 4.62. The molecule has 5 heteroatoms. The maximum absolute atomic E-state index is 5.94. The summed E-state index contributed by atoms with van der Waals surface area (Å²) in [6.45, 7) is 0.750. The van der Waals surface area contributed by atoms with Gasteiger partial charge in [-0.15, -0.1) is 11.3 Å². The van der Waals surface area contributed by atoms with Gasteiger partial charge < -0.3 is 11.1 Å². The molecule has 1 aromatic carbocycles. The molecule has 90 valence electrons. The Kier molecular flexibility index (Phi) is 2.82. The molecule has 0 spiro atoms. The highest BCUT2D eigenvalue weighted by molar-refractivity contribution is 7.09. The van der Waals surface area contributed by atoms with E-state index in [0.29, 0.717) is 0 Å². The highest BCUT2D eigenvalue weighted by Crippen LogP contribution is 2.26. The standard InChI is InChI=1S/C13H12N4S/c14-11-3-4-12(13-10(11)2-1-5-16-13)17-7-9-6-15-8-18-9/h1-6,8,17H,7,14H2. The van der Waals surface area contributed by atoms with Gasteiger partial charge in [0.25, 0.3) is 0 Å². The van der Waals surface area contributed by atoms with E-state index in [0.717, 1.165) is 28.8 Å². The number of fused-ring (bicyclic) bond motifs is 1. The SMILES string of the molecule is Nc1ccc(NCc2cncs2)c2ncccc12. The van der Waals surface area contributed by atoms with Gasteiger partial charge in [0.05, 0.1) is 23.3 Å². The molecule has 0 saturated carbocycles. The third kappa shape index (κ3) is 2.00. The Hall–Kier alpha value is -2.14. The van der Waals surface area contributed by atoms with Crippen LogP contribution in [-0.2, 0) is 6.54 Å². The van der Waals surface area contributed by atoms with Crippen molar-refractivity contribution in [2.24, 2.45) is 0 Å². The maximum atomic E-state index is 5.94. The molecule has 0 aliphatic carbocycles. The van der Waals surface area contributed by atoms with E-state index >= 15 is 0 Å². The van der Waals surface area contributed by atoms with Crippen LogP contribution in [0.1, 0.15) is 4.88 Å². The van der Waals surface area contributed by atoms with Gasteiger partial charge in [0.15, 0.2) is 0 Å². The zero-order valence-electron chi connectivity index (χ0n) is 9.63. The summed E-state index contributed by atoms with van der Waals surface area (Å²) in [4.78, 5) is 9.63. The summed E-state index contributed by atoms with van der Waals surface area (Å²) in [5.74, 6) is 0. The Morgan fingerprint density at radius 1 is 1.28 bits per heavy atom. The molecule has 0 atom stereocenters. The highest BCUT2D eigenvalue weighted by atomic mass is 32.1. The number of aromatic nitrogens is 2. The summed E-state index contributed by atoms with van der Waals surface area (Å²) >= 11 is 1.63. The zero-order chi connectivity index (χ0) is 12.4. The molecular weight excluding hydrogens is 244 g/mol. The number of nitrogens with one attached hydrogen (secondary N) is 1. The molecule has 2 heterocycles. The first kappa shape index (κ1) is 11.0. The van der Waals surface area contributed by atoms with E-state index in [9.17, 15) is 0 Å². The topological polar surface area (TPSA) is 63.8 Å². The van der Waals surface area contributed by atoms with Gasteiger partial charge >= 0.3 is 0 Å². The molecule has 0 radical (unpaired) electrons. The van der Waals surface area contributed by atoms with Crippen LogP contribution >= 0.6 is 11.3 Å². The summed E-state index contributed by atoms with van der Waals surface area (Å²) in [6.07, 6.45) is 3.64. The first-order valence-electron chi connectivity index (χ1n) is 5.59. The average molecular weight is 256 g/mol. The molecule has 18 heavy (non-hydrogen) atoms. The third-order valence-electron chi connectivity index (χ3n) is 2.74. The Morgan fingerprint density at radius 3 is 3.06 bits per heavy atom. The lowest BCUT2D eigenvalue weighted by molar-refractivity contribution is 1.18.